The molecule has 1 atom stereocenters. The minimum absolute atomic E-state index is 0.0862. The number of benzene rings is 2. The highest BCUT2D eigenvalue weighted by atomic mass is 79.9. The Morgan fingerprint density at radius 3 is 2.44 bits per heavy atom. The van der Waals surface area contributed by atoms with Gasteiger partial charge in [-0.15, -0.1) is 0 Å². The fourth-order valence-corrected chi connectivity index (χ4v) is 5.62. The number of nitrogens with zero attached hydrogens (tertiary/aromatic N) is 2. The van der Waals surface area contributed by atoms with Gasteiger partial charge in [-0.2, -0.15) is 8.78 Å². The predicted molar refractivity (Wildman–Crippen MR) is 145 cm³/mol. The van der Waals surface area contributed by atoms with Crippen LogP contribution in [0.15, 0.2) is 61.9 Å². The normalized spacial score (nSPS) is 15.3. The summed E-state index contributed by atoms with van der Waals surface area (Å²) in [6.45, 7) is 2.16. The zero-order chi connectivity index (χ0) is 28.4. The molecular weight excluding hydrogens is 598 g/mol. The predicted octanol–water partition coefficient (Wildman–Crippen LogP) is 4.57. The largest absolute Gasteiger partial charge is 0.496 e. The van der Waals surface area contributed by atoms with Crippen LogP contribution in [0, 0.1) is 0 Å². The fraction of sp³-hybridized carbons (Fsp3) is 0.296. The third-order valence-electron chi connectivity index (χ3n) is 5.77. The SMILES string of the molecule is COc1cc(/C=c2\sc3n(c2=O)[C@@H](c2cc(Br)ccc2OC)C(C(=O)OC(C)C)=C(C)N=3)ccc1OC(F)F. The summed E-state index contributed by atoms with van der Waals surface area (Å²) in [6, 6.07) is 8.81. The second-order valence-corrected chi connectivity index (χ2v) is 10.6. The van der Waals surface area contributed by atoms with Crippen molar-refractivity contribution in [3.8, 4) is 17.2 Å². The molecule has 206 valence electrons. The number of methoxy groups -OCH3 is 2. The van der Waals surface area contributed by atoms with Crippen molar-refractivity contribution < 1.29 is 32.5 Å². The number of carbonyl (C=O) groups is 1. The molecule has 0 radical (unpaired) electrons. The molecule has 1 aliphatic heterocycles. The van der Waals surface area contributed by atoms with Crippen molar-refractivity contribution in [2.45, 2.75) is 39.5 Å². The number of halogens is 3. The van der Waals surface area contributed by atoms with Gasteiger partial charge in [0.15, 0.2) is 16.3 Å². The number of hydrogen-bond donors (Lipinski definition) is 0. The van der Waals surface area contributed by atoms with Crippen LogP contribution in [-0.4, -0.2) is 37.5 Å². The van der Waals surface area contributed by atoms with E-state index in [1.54, 1.807) is 45.0 Å². The summed E-state index contributed by atoms with van der Waals surface area (Å²) in [5, 5.41) is 0. The topological polar surface area (TPSA) is 88.4 Å². The fourth-order valence-electron chi connectivity index (χ4n) is 4.19. The first-order valence-electron chi connectivity index (χ1n) is 11.7. The Hall–Kier alpha value is -3.51. The molecule has 0 N–H and O–H groups in total. The van der Waals surface area contributed by atoms with E-state index in [2.05, 4.69) is 25.7 Å². The van der Waals surface area contributed by atoms with Gasteiger partial charge < -0.3 is 18.9 Å². The zero-order valence-corrected chi connectivity index (χ0v) is 24.1. The van der Waals surface area contributed by atoms with E-state index >= 15 is 0 Å². The number of thiazole rings is 1. The van der Waals surface area contributed by atoms with Gasteiger partial charge in [0.1, 0.15) is 11.8 Å². The number of carbonyl (C=O) groups excluding carboxylic acids is 1. The summed E-state index contributed by atoms with van der Waals surface area (Å²) in [5.74, 6) is -0.159. The Balaban J connectivity index is 1.94. The maximum Gasteiger partial charge on any atom is 0.387 e. The lowest BCUT2D eigenvalue weighted by Gasteiger charge is -2.26. The van der Waals surface area contributed by atoms with E-state index in [9.17, 15) is 18.4 Å². The van der Waals surface area contributed by atoms with Gasteiger partial charge in [0.25, 0.3) is 5.56 Å². The van der Waals surface area contributed by atoms with Crippen LogP contribution in [0.25, 0.3) is 6.08 Å². The third kappa shape index (κ3) is 5.91. The van der Waals surface area contributed by atoms with Crippen molar-refractivity contribution in [2.75, 3.05) is 14.2 Å². The minimum atomic E-state index is -3.01. The molecule has 0 fully saturated rings. The molecule has 4 rings (SSSR count). The van der Waals surface area contributed by atoms with Crippen molar-refractivity contribution in [3.05, 3.63) is 83.0 Å². The summed E-state index contributed by atoms with van der Waals surface area (Å²) in [6.07, 6.45) is 1.21. The lowest BCUT2D eigenvalue weighted by molar-refractivity contribution is -0.143. The zero-order valence-electron chi connectivity index (χ0n) is 21.7. The monoisotopic (exact) mass is 622 g/mol. The van der Waals surface area contributed by atoms with Crippen molar-refractivity contribution in [3.63, 3.8) is 0 Å². The highest BCUT2D eigenvalue weighted by molar-refractivity contribution is 9.10. The van der Waals surface area contributed by atoms with Crippen LogP contribution in [-0.2, 0) is 9.53 Å². The Labute approximate surface area is 234 Å². The first-order valence-corrected chi connectivity index (χ1v) is 13.3. The molecule has 12 heteroatoms. The molecule has 0 aliphatic carbocycles. The lowest BCUT2D eigenvalue weighted by Crippen LogP contribution is -2.40. The number of aromatic nitrogens is 1. The molecule has 0 unspecified atom stereocenters. The highest BCUT2D eigenvalue weighted by Crippen LogP contribution is 2.37. The quantitative estimate of drug-likeness (QED) is 0.342. The van der Waals surface area contributed by atoms with Gasteiger partial charge in [0.2, 0.25) is 0 Å². The first-order chi connectivity index (χ1) is 18.5. The Morgan fingerprint density at radius 2 is 1.79 bits per heavy atom. The Morgan fingerprint density at radius 1 is 1.10 bits per heavy atom. The number of fused-ring (bicyclic) bond motifs is 1. The summed E-state index contributed by atoms with van der Waals surface area (Å²) in [7, 11) is 2.84. The van der Waals surface area contributed by atoms with Gasteiger partial charge in [-0.25, -0.2) is 9.79 Å². The lowest BCUT2D eigenvalue weighted by atomic mass is 9.95. The van der Waals surface area contributed by atoms with Crippen LogP contribution < -0.4 is 29.1 Å². The molecule has 1 aliphatic rings. The average Bonchev–Trinajstić information content (AvgIpc) is 3.17. The standard InChI is InChI=1S/C27H25BrF2N2O6S/c1-13(2)37-25(34)22-14(3)31-27-32(23(22)17-12-16(28)7-9-18(17)35-4)24(33)21(39-27)11-15-6-8-19(38-26(29)30)20(10-15)36-5/h6-13,23,26H,1-5H3/b21-11-/t23-/m0/s1. The van der Waals surface area contributed by atoms with Crippen LogP contribution in [0.1, 0.15) is 37.9 Å². The van der Waals surface area contributed by atoms with Crippen LogP contribution in [0.4, 0.5) is 8.78 Å². The van der Waals surface area contributed by atoms with Crippen LogP contribution in [0.2, 0.25) is 0 Å². The summed E-state index contributed by atoms with van der Waals surface area (Å²) < 4.78 is 48.7. The van der Waals surface area contributed by atoms with E-state index in [-0.39, 0.29) is 23.2 Å². The van der Waals surface area contributed by atoms with Crippen molar-refractivity contribution >= 4 is 39.3 Å². The molecule has 2 heterocycles. The van der Waals surface area contributed by atoms with E-state index in [0.717, 1.165) is 15.8 Å². The molecule has 0 spiro atoms. The molecular formula is C27H25BrF2N2O6S. The molecule has 0 saturated carbocycles. The molecule has 0 saturated heterocycles. The van der Waals surface area contributed by atoms with E-state index in [0.29, 0.717) is 31.9 Å². The minimum Gasteiger partial charge on any atom is -0.496 e. The molecule has 2 aromatic carbocycles. The summed E-state index contributed by atoms with van der Waals surface area (Å²) >= 11 is 4.61. The smallest absolute Gasteiger partial charge is 0.387 e. The maximum absolute atomic E-state index is 13.8. The average molecular weight is 623 g/mol. The second kappa shape index (κ2) is 11.7. The summed E-state index contributed by atoms with van der Waals surface area (Å²) in [5.41, 5.74) is 1.31. The Bertz CT molecular complexity index is 1630. The van der Waals surface area contributed by atoms with E-state index in [1.807, 2.05) is 0 Å². The number of ether oxygens (including phenoxy) is 4. The van der Waals surface area contributed by atoms with Crippen molar-refractivity contribution in [1.29, 1.82) is 0 Å². The van der Waals surface area contributed by atoms with Gasteiger partial charge in [-0.1, -0.05) is 33.3 Å². The van der Waals surface area contributed by atoms with Gasteiger partial charge in [-0.3, -0.25) is 9.36 Å². The number of allylic oxidation sites excluding steroid dienone is 1. The molecule has 0 bridgehead atoms. The molecule has 8 nitrogen and oxygen atoms in total. The van der Waals surface area contributed by atoms with Crippen LogP contribution in [0.3, 0.4) is 0 Å². The maximum atomic E-state index is 13.8. The first kappa shape index (κ1) is 28.5. The number of alkyl halides is 2. The third-order valence-corrected chi connectivity index (χ3v) is 7.25. The number of hydrogen-bond acceptors (Lipinski definition) is 8. The van der Waals surface area contributed by atoms with Gasteiger partial charge in [-0.05, 0) is 62.7 Å². The van der Waals surface area contributed by atoms with E-state index in [1.165, 1.54) is 37.0 Å². The van der Waals surface area contributed by atoms with Crippen molar-refractivity contribution in [2.24, 2.45) is 4.99 Å². The van der Waals surface area contributed by atoms with Gasteiger partial charge in [0.05, 0.1) is 36.1 Å². The van der Waals surface area contributed by atoms with E-state index in [4.69, 9.17) is 14.2 Å². The number of rotatable bonds is 8. The van der Waals surface area contributed by atoms with Gasteiger partial charge >= 0.3 is 12.6 Å². The number of esters is 1. The van der Waals surface area contributed by atoms with Crippen molar-refractivity contribution in [1.82, 2.24) is 4.57 Å². The second-order valence-electron chi connectivity index (χ2n) is 8.71. The van der Waals surface area contributed by atoms with E-state index < -0.39 is 24.2 Å². The summed E-state index contributed by atoms with van der Waals surface area (Å²) in [4.78, 5) is 32.1. The molecule has 1 aromatic heterocycles. The Kier molecular flexibility index (Phi) is 8.55. The van der Waals surface area contributed by atoms with Gasteiger partial charge in [0, 0.05) is 10.0 Å². The molecule has 39 heavy (non-hydrogen) atoms. The molecule has 3 aromatic rings. The van der Waals surface area contributed by atoms with Crippen LogP contribution in [0.5, 0.6) is 17.2 Å². The van der Waals surface area contributed by atoms with Crippen LogP contribution >= 0.6 is 27.3 Å². The molecule has 0 amide bonds. The highest BCUT2D eigenvalue weighted by Gasteiger charge is 2.35.